The first kappa shape index (κ1) is 23.0. The van der Waals surface area contributed by atoms with E-state index in [1.54, 1.807) is 25.3 Å². The van der Waals surface area contributed by atoms with Gasteiger partial charge in [-0.05, 0) is 54.9 Å². The van der Waals surface area contributed by atoms with Crippen molar-refractivity contribution in [1.29, 1.82) is 0 Å². The molecule has 0 unspecified atom stereocenters. The summed E-state index contributed by atoms with van der Waals surface area (Å²) in [6.07, 6.45) is 12.6. The van der Waals surface area contributed by atoms with Gasteiger partial charge in [-0.15, -0.1) is 0 Å². The van der Waals surface area contributed by atoms with Gasteiger partial charge in [-0.2, -0.15) is 0 Å². The fraction of sp³-hybridized carbons (Fsp3) is 0.571. The summed E-state index contributed by atoms with van der Waals surface area (Å²) in [5, 5.41) is 0. The van der Waals surface area contributed by atoms with Gasteiger partial charge in [-0.1, -0.05) is 86.6 Å². The minimum Gasteiger partial charge on any atom is -0.385 e. The lowest BCUT2D eigenvalue weighted by Crippen LogP contribution is -2.25. The molecule has 1 aliphatic carbocycles. The van der Waals surface area contributed by atoms with E-state index in [9.17, 15) is 0 Å². The standard InChI is InChI=1S/C28H40O2/c1-23-16-17-25-24-14-8-9-15-26(24)28(27(25)22-23,18-10-4-6-12-20-29-2)19-11-5-7-13-21-30-3/h8-9,14-17,22H,4-7,10-13,18-21H2,1-3H3. The van der Waals surface area contributed by atoms with Gasteiger partial charge in [-0.3, -0.25) is 0 Å². The predicted octanol–water partition coefficient (Wildman–Crippen LogP) is 7.46. The molecule has 2 heteroatoms. The second-order valence-corrected chi connectivity index (χ2v) is 8.99. The minimum absolute atomic E-state index is 0.181. The van der Waals surface area contributed by atoms with Crippen molar-refractivity contribution in [3.05, 3.63) is 59.2 Å². The molecule has 0 spiro atoms. The van der Waals surface area contributed by atoms with Crippen LogP contribution in [0.1, 0.15) is 80.9 Å². The average Bonchev–Trinajstić information content (AvgIpc) is 3.03. The molecule has 0 radical (unpaired) electrons. The second kappa shape index (κ2) is 11.7. The maximum Gasteiger partial charge on any atom is 0.0462 e. The largest absolute Gasteiger partial charge is 0.385 e. The molecule has 164 valence electrons. The first-order valence-electron chi connectivity index (χ1n) is 11.9. The van der Waals surface area contributed by atoms with E-state index in [0.717, 1.165) is 13.2 Å². The van der Waals surface area contributed by atoms with Crippen molar-refractivity contribution >= 4 is 0 Å². The van der Waals surface area contributed by atoms with Crippen molar-refractivity contribution < 1.29 is 9.47 Å². The number of benzene rings is 2. The van der Waals surface area contributed by atoms with Crippen LogP contribution in [0.25, 0.3) is 11.1 Å². The third kappa shape index (κ3) is 5.34. The lowest BCUT2D eigenvalue weighted by molar-refractivity contribution is 0.191. The van der Waals surface area contributed by atoms with Crippen LogP contribution >= 0.6 is 0 Å². The SMILES string of the molecule is COCCCCCCC1(CCCCCCOC)c2ccccc2-c2ccc(C)cc21. The molecule has 0 saturated carbocycles. The molecule has 2 aromatic rings. The van der Waals surface area contributed by atoms with Gasteiger partial charge in [-0.25, -0.2) is 0 Å². The summed E-state index contributed by atoms with van der Waals surface area (Å²) in [4.78, 5) is 0. The molecule has 0 N–H and O–H groups in total. The highest BCUT2D eigenvalue weighted by Gasteiger charge is 2.41. The number of aryl methyl sites for hydroxylation is 1. The number of ether oxygens (including phenoxy) is 2. The summed E-state index contributed by atoms with van der Waals surface area (Å²) in [5.74, 6) is 0. The van der Waals surface area contributed by atoms with Gasteiger partial charge in [0.1, 0.15) is 0 Å². The Kier molecular flexibility index (Phi) is 8.96. The summed E-state index contributed by atoms with van der Waals surface area (Å²) >= 11 is 0. The number of methoxy groups -OCH3 is 2. The summed E-state index contributed by atoms with van der Waals surface area (Å²) in [5.41, 5.74) is 7.64. The van der Waals surface area contributed by atoms with Gasteiger partial charge < -0.3 is 9.47 Å². The molecular weight excluding hydrogens is 368 g/mol. The van der Waals surface area contributed by atoms with Crippen molar-refractivity contribution in [2.45, 2.75) is 76.5 Å². The zero-order chi connectivity index (χ0) is 21.2. The van der Waals surface area contributed by atoms with Crippen molar-refractivity contribution in [3.8, 4) is 11.1 Å². The Bertz CT molecular complexity index is 764. The van der Waals surface area contributed by atoms with Crippen LogP contribution < -0.4 is 0 Å². The van der Waals surface area contributed by atoms with Crippen molar-refractivity contribution in [3.63, 3.8) is 0 Å². The van der Waals surface area contributed by atoms with Crippen LogP contribution in [0.2, 0.25) is 0 Å². The summed E-state index contributed by atoms with van der Waals surface area (Å²) in [7, 11) is 3.60. The monoisotopic (exact) mass is 408 g/mol. The fourth-order valence-electron chi connectivity index (χ4n) is 5.29. The van der Waals surface area contributed by atoms with Crippen LogP contribution in [0, 0.1) is 6.92 Å². The minimum atomic E-state index is 0.181. The topological polar surface area (TPSA) is 18.5 Å². The Labute approximate surface area is 184 Å². The summed E-state index contributed by atoms with van der Waals surface area (Å²) < 4.78 is 10.5. The van der Waals surface area contributed by atoms with Crippen molar-refractivity contribution in [2.24, 2.45) is 0 Å². The van der Waals surface area contributed by atoms with Crippen LogP contribution in [0.15, 0.2) is 42.5 Å². The van der Waals surface area contributed by atoms with E-state index >= 15 is 0 Å². The van der Waals surface area contributed by atoms with Gasteiger partial charge in [0.05, 0.1) is 0 Å². The lowest BCUT2D eigenvalue weighted by Gasteiger charge is -2.33. The van der Waals surface area contributed by atoms with E-state index in [1.807, 2.05) is 0 Å². The lowest BCUT2D eigenvalue weighted by atomic mass is 9.70. The molecule has 0 heterocycles. The van der Waals surface area contributed by atoms with Gasteiger partial charge in [0.25, 0.3) is 0 Å². The Morgan fingerprint density at radius 3 is 1.83 bits per heavy atom. The van der Waals surface area contributed by atoms with Gasteiger partial charge in [0.2, 0.25) is 0 Å². The second-order valence-electron chi connectivity index (χ2n) is 8.99. The van der Waals surface area contributed by atoms with Gasteiger partial charge in [0, 0.05) is 32.8 Å². The summed E-state index contributed by atoms with van der Waals surface area (Å²) in [6.45, 7) is 4.01. The van der Waals surface area contributed by atoms with Crippen LogP contribution in [0.5, 0.6) is 0 Å². The Morgan fingerprint density at radius 1 is 0.633 bits per heavy atom. The number of hydrogen-bond donors (Lipinski definition) is 0. The van der Waals surface area contributed by atoms with E-state index in [4.69, 9.17) is 9.47 Å². The highest BCUT2D eigenvalue weighted by Crippen LogP contribution is 2.54. The molecule has 2 nitrogen and oxygen atoms in total. The third-order valence-electron chi connectivity index (χ3n) is 6.83. The zero-order valence-corrected chi connectivity index (χ0v) is 19.3. The van der Waals surface area contributed by atoms with E-state index in [2.05, 4.69) is 49.4 Å². The highest BCUT2D eigenvalue weighted by molar-refractivity contribution is 5.81. The smallest absolute Gasteiger partial charge is 0.0462 e. The van der Waals surface area contributed by atoms with Crippen LogP contribution in [0.4, 0.5) is 0 Å². The van der Waals surface area contributed by atoms with Crippen molar-refractivity contribution in [1.82, 2.24) is 0 Å². The molecule has 0 fully saturated rings. The number of fused-ring (bicyclic) bond motifs is 3. The molecule has 0 atom stereocenters. The molecule has 3 rings (SSSR count). The normalized spacial score (nSPS) is 14.0. The zero-order valence-electron chi connectivity index (χ0n) is 19.3. The number of unbranched alkanes of at least 4 members (excludes halogenated alkanes) is 6. The Hall–Kier alpha value is -1.64. The third-order valence-corrected chi connectivity index (χ3v) is 6.83. The van der Waals surface area contributed by atoms with E-state index in [0.29, 0.717) is 0 Å². The first-order valence-corrected chi connectivity index (χ1v) is 11.9. The quantitative estimate of drug-likeness (QED) is 0.302. The fourth-order valence-corrected chi connectivity index (χ4v) is 5.29. The summed E-state index contributed by atoms with van der Waals surface area (Å²) in [6, 6.07) is 16.3. The molecule has 30 heavy (non-hydrogen) atoms. The molecule has 0 aromatic heterocycles. The van der Waals surface area contributed by atoms with Gasteiger partial charge >= 0.3 is 0 Å². The first-order chi connectivity index (χ1) is 14.7. The molecule has 0 bridgehead atoms. The maximum absolute atomic E-state index is 5.23. The van der Waals surface area contributed by atoms with Crippen LogP contribution in [0.3, 0.4) is 0 Å². The molecule has 0 saturated heterocycles. The molecule has 1 aliphatic rings. The van der Waals surface area contributed by atoms with Crippen molar-refractivity contribution in [2.75, 3.05) is 27.4 Å². The van der Waals surface area contributed by atoms with Crippen LogP contribution in [-0.4, -0.2) is 27.4 Å². The van der Waals surface area contributed by atoms with E-state index in [1.165, 1.54) is 80.9 Å². The average molecular weight is 409 g/mol. The molecule has 2 aromatic carbocycles. The molecular formula is C28H40O2. The van der Waals surface area contributed by atoms with E-state index < -0.39 is 0 Å². The molecule has 0 aliphatic heterocycles. The Morgan fingerprint density at radius 2 is 1.20 bits per heavy atom. The van der Waals surface area contributed by atoms with Gasteiger partial charge in [0.15, 0.2) is 0 Å². The number of hydrogen-bond acceptors (Lipinski definition) is 2. The highest BCUT2D eigenvalue weighted by atomic mass is 16.5. The predicted molar refractivity (Wildman–Crippen MR) is 127 cm³/mol. The molecule has 0 amide bonds. The number of rotatable bonds is 14. The Balaban J connectivity index is 1.80. The maximum atomic E-state index is 5.23. The van der Waals surface area contributed by atoms with E-state index in [-0.39, 0.29) is 5.41 Å². The van der Waals surface area contributed by atoms with Crippen LogP contribution in [-0.2, 0) is 14.9 Å².